The van der Waals surface area contributed by atoms with E-state index in [0.29, 0.717) is 0 Å². The van der Waals surface area contributed by atoms with E-state index in [-0.39, 0.29) is 0 Å². The van der Waals surface area contributed by atoms with E-state index >= 15 is 0 Å². The zero-order valence-electron chi connectivity index (χ0n) is 31.3. The molecule has 0 saturated carbocycles. The van der Waals surface area contributed by atoms with E-state index < -0.39 is 0 Å². The highest BCUT2D eigenvalue weighted by Crippen LogP contribution is 2.50. The molecule has 2 nitrogen and oxygen atoms in total. The minimum atomic E-state index is 1.12. The molecule has 0 aliphatic rings. The summed E-state index contributed by atoms with van der Waals surface area (Å²) in [7, 11) is 0. The van der Waals surface area contributed by atoms with Crippen molar-refractivity contribution in [3.05, 3.63) is 206 Å². The van der Waals surface area contributed by atoms with Gasteiger partial charge in [0.1, 0.15) is 0 Å². The summed E-state index contributed by atoms with van der Waals surface area (Å²) < 4.78 is 7.79. The standard InChI is InChI=1S/C54H34N2S2/c1-3-17-35(18-4-1)55(36-19-5-2-6-20-36)47-31-16-32-48-51(47)45-23-7-10-30-46(45)56(48)52-39(43-28-14-26-41-37-21-8-11-33-49(37)57-53(41)43)24-13-25-40(52)44-29-15-27-42-38-22-9-12-34-50(38)58-54(42)44/h1-34H. The lowest BCUT2D eigenvalue weighted by Crippen LogP contribution is -2.10. The van der Waals surface area contributed by atoms with Gasteiger partial charge in [0.15, 0.2) is 0 Å². The zero-order valence-corrected chi connectivity index (χ0v) is 33.0. The normalized spacial score (nSPS) is 11.8. The van der Waals surface area contributed by atoms with Gasteiger partial charge in [0.25, 0.3) is 0 Å². The van der Waals surface area contributed by atoms with Crippen LogP contribution in [0.25, 0.3) is 90.1 Å². The Kier molecular flexibility index (Phi) is 7.62. The number of aromatic nitrogens is 1. The summed E-state index contributed by atoms with van der Waals surface area (Å²) in [4.78, 5) is 2.40. The van der Waals surface area contributed by atoms with Gasteiger partial charge < -0.3 is 9.47 Å². The maximum Gasteiger partial charge on any atom is 0.0619 e. The second-order valence-corrected chi connectivity index (χ2v) is 16.9. The Hall–Kier alpha value is -6.98. The fraction of sp³-hybridized carbons (Fsp3) is 0. The maximum atomic E-state index is 2.56. The van der Waals surface area contributed by atoms with Crippen LogP contribution in [0.2, 0.25) is 0 Å². The molecule has 0 aliphatic carbocycles. The fourth-order valence-corrected chi connectivity index (χ4v) is 11.6. The fourth-order valence-electron chi connectivity index (χ4n) is 9.15. The van der Waals surface area contributed by atoms with Gasteiger partial charge in [-0.15, -0.1) is 22.7 Å². The first-order chi connectivity index (χ1) is 28.8. The van der Waals surface area contributed by atoms with Gasteiger partial charge >= 0.3 is 0 Å². The molecule has 0 amide bonds. The summed E-state index contributed by atoms with van der Waals surface area (Å²) in [6.07, 6.45) is 0. The highest BCUT2D eigenvalue weighted by atomic mass is 32.1. The van der Waals surface area contributed by atoms with E-state index in [4.69, 9.17) is 0 Å². The first kappa shape index (κ1) is 33.2. The molecule has 12 aromatic rings. The van der Waals surface area contributed by atoms with Crippen LogP contribution in [0.4, 0.5) is 17.1 Å². The third-order valence-electron chi connectivity index (χ3n) is 11.6. The molecular formula is C54H34N2S2. The van der Waals surface area contributed by atoms with Crippen molar-refractivity contribution in [1.29, 1.82) is 0 Å². The lowest BCUT2D eigenvalue weighted by Gasteiger charge is -2.26. The van der Waals surface area contributed by atoms with Crippen LogP contribution in [0.5, 0.6) is 0 Å². The minimum Gasteiger partial charge on any atom is -0.310 e. The molecule has 4 heteroatoms. The third-order valence-corrected chi connectivity index (χ3v) is 14.0. The van der Waals surface area contributed by atoms with Crippen LogP contribution in [0.15, 0.2) is 206 Å². The second-order valence-electron chi connectivity index (χ2n) is 14.8. The summed E-state index contributed by atoms with van der Waals surface area (Å²) in [5.74, 6) is 0. The molecule has 3 heterocycles. The number of nitrogens with zero attached hydrogens (tertiary/aromatic N) is 2. The van der Waals surface area contributed by atoms with E-state index in [1.54, 1.807) is 0 Å². The minimum absolute atomic E-state index is 1.12. The molecular weight excluding hydrogens is 741 g/mol. The number of fused-ring (bicyclic) bond motifs is 9. The van der Waals surface area contributed by atoms with Crippen molar-refractivity contribution in [1.82, 2.24) is 4.57 Å². The van der Waals surface area contributed by atoms with Crippen LogP contribution in [-0.4, -0.2) is 4.57 Å². The highest BCUT2D eigenvalue weighted by molar-refractivity contribution is 7.26. The molecule has 9 aromatic carbocycles. The Morgan fingerprint density at radius 2 is 0.759 bits per heavy atom. The van der Waals surface area contributed by atoms with Gasteiger partial charge in [0, 0.05) is 84.7 Å². The molecule has 0 radical (unpaired) electrons. The van der Waals surface area contributed by atoms with Gasteiger partial charge in [-0.2, -0.15) is 0 Å². The molecule has 0 atom stereocenters. The monoisotopic (exact) mass is 774 g/mol. The summed E-state index contributed by atoms with van der Waals surface area (Å²) in [5, 5.41) is 7.64. The molecule has 0 bridgehead atoms. The maximum absolute atomic E-state index is 2.56. The molecule has 0 aliphatic heterocycles. The molecule has 272 valence electrons. The number of rotatable bonds is 6. The molecule has 0 unspecified atom stereocenters. The Morgan fingerprint density at radius 1 is 0.328 bits per heavy atom. The molecule has 0 saturated heterocycles. The Bertz CT molecular complexity index is 3350. The average molecular weight is 775 g/mol. The van der Waals surface area contributed by atoms with Crippen molar-refractivity contribution in [2.24, 2.45) is 0 Å². The molecule has 0 spiro atoms. The van der Waals surface area contributed by atoms with Crippen molar-refractivity contribution in [2.45, 2.75) is 0 Å². The first-order valence-corrected chi connectivity index (χ1v) is 21.3. The smallest absolute Gasteiger partial charge is 0.0619 e. The van der Waals surface area contributed by atoms with Gasteiger partial charge in [-0.1, -0.05) is 152 Å². The quantitative estimate of drug-likeness (QED) is 0.163. The van der Waals surface area contributed by atoms with Gasteiger partial charge in [0.2, 0.25) is 0 Å². The van der Waals surface area contributed by atoms with Crippen LogP contribution in [0.3, 0.4) is 0 Å². The van der Waals surface area contributed by atoms with Gasteiger partial charge in [-0.05, 0) is 54.6 Å². The van der Waals surface area contributed by atoms with Crippen LogP contribution in [0.1, 0.15) is 0 Å². The summed E-state index contributed by atoms with van der Waals surface area (Å²) in [6.45, 7) is 0. The predicted octanol–water partition coefficient (Wildman–Crippen LogP) is 16.3. The van der Waals surface area contributed by atoms with Crippen LogP contribution < -0.4 is 4.90 Å². The highest BCUT2D eigenvalue weighted by Gasteiger charge is 2.25. The molecule has 3 aromatic heterocycles. The van der Waals surface area contributed by atoms with E-state index in [2.05, 4.69) is 216 Å². The van der Waals surface area contributed by atoms with Crippen molar-refractivity contribution < 1.29 is 0 Å². The second kappa shape index (κ2) is 13.3. The topological polar surface area (TPSA) is 8.17 Å². The van der Waals surface area contributed by atoms with Gasteiger partial charge in [-0.25, -0.2) is 0 Å². The number of anilines is 3. The number of thiophene rings is 2. The van der Waals surface area contributed by atoms with Crippen molar-refractivity contribution in [3.8, 4) is 27.9 Å². The van der Waals surface area contributed by atoms with E-state index in [1.807, 2.05) is 22.7 Å². The number of para-hydroxylation sites is 4. The molecule has 0 fully saturated rings. The van der Waals surface area contributed by atoms with Crippen LogP contribution in [0, 0.1) is 0 Å². The molecule has 12 rings (SSSR count). The van der Waals surface area contributed by atoms with Crippen molar-refractivity contribution in [2.75, 3.05) is 4.90 Å². The third kappa shape index (κ3) is 5.02. The SMILES string of the molecule is c1ccc(N(c2ccccc2)c2cccc3c2c2ccccc2n3-c2c(-c3cccc4c3sc3ccccc34)cccc2-c2cccc3c2sc2ccccc23)cc1. The lowest BCUT2D eigenvalue weighted by atomic mass is 9.94. The largest absolute Gasteiger partial charge is 0.310 e. The zero-order chi connectivity index (χ0) is 38.2. The average Bonchev–Trinajstić information content (AvgIpc) is 3.97. The van der Waals surface area contributed by atoms with E-state index in [0.717, 1.165) is 22.6 Å². The number of benzene rings is 9. The number of hydrogen-bond acceptors (Lipinski definition) is 3. The van der Waals surface area contributed by atoms with Gasteiger partial charge in [-0.3, -0.25) is 0 Å². The molecule has 0 N–H and O–H groups in total. The van der Waals surface area contributed by atoms with Crippen LogP contribution in [-0.2, 0) is 0 Å². The van der Waals surface area contributed by atoms with Crippen LogP contribution >= 0.6 is 22.7 Å². The van der Waals surface area contributed by atoms with E-state index in [1.165, 1.54) is 84.6 Å². The van der Waals surface area contributed by atoms with E-state index in [9.17, 15) is 0 Å². The lowest BCUT2D eigenvalue weighted by molar-refractivity contribution is 1.18. The summed E-state index contributed by atoms with van der Waals surface area (Å²) in [5.41, 5.74) is 11.8. The van der Waals surface area contributed by atoms with Crippen molar-refractivity contribution in [3.63, 3.8) is 0 Å². The Morgan fingerprint density at radius 3 is 1.34 bits per heavy atom. The Labute approximate surface area is 343 Å². The summed E-state index contributed by atoms with van der Waals surface area (Å²) >= 11 is 3.78. The predicted molar refractivity (Wildman–Crippen MR) is 252 cm³/mol. The van der Waals surface area contributed by atoms with Gasteiger partial charge in [0.05, 0.1) is 22.4 Å². The molecule has 58 heavy (non-hydrogen) atoms. The first-order valence-electron chi connectivity index (χ1n) is 19.7. The summed E-state index contributed by atoms with van der Waals surface area (Å²) in [6, 6.07) is 75.6. The van der Waals surface area contributed by atoms with Crippen molar-refractivity contribution >= 4 is 102 Å². The Balaban J connectivity index is 1.23. The number of hydrogen-bond donors (Lipinski definition) is 0.